The first-order valence-corrected chi connectivity index (χ1v) is 40.8. The van der Waals surface area contributed by atoms with Gasteiger partial charge in [-0.2, -0.15) is 0 Å². The fourth-order valence-electron chi connectivity index (χ4n) is 11.0. The smallest absolute Gasteiger partial charge is 0.462 e. The molecule has 540 valence electrons. The van der Waals surface area contributed by atoms with Crippen molar-refractivity contribution in [1.82, 2.24) is 0 Å². The van der Waals surface area contributed by atoms with Crippen molar-refractivity contribution < 1.29 is 80.2 Å². The molecule has 0 aromatic carbocycles. The third-order valence-corrected chi connectivity index (χ3v) is 18.8. The number of phosphoric acid groups is 2. The minimum Gasteiger partial charge on any atom is -0.462 e. The van der Waals surface area contributed by atoms with E-state index in [-0.39, 0.29) is 25.7 Å². The Kier molecular flexibility index (Phi) is 65.2. The van der Waals surface area contributed by atoms with Gasteiger partial charge in [0.05, 0.1) is 26.4 Å². The van der Waals surface area contributed by atoms with Gasteiger partial charge < -0.3 is 33.8 Å². The van der Waals surface area contributed by atoms with Gasteiger partial charge in [-0.1, -0.05) is 329 Å². The summed E-state index contributed by atoms with van der Waals surface area (Å²) in [5.41, 5.74) is 0. The fourth-order valence-corrected chi connectivity index (χ4v) is 12.6. The largest absolute Gasteiger partial charge is 0.472 e. The normalized spacial score (nSPS) is 14.0. The first-order chi connectivity index (χ1) is 44.2. The van der Waals surface area contributed by atoms with E-state index in [9.17, 15) is 43.2 Å². The number of carbonyl (C=O) groups excluding carboxylic acids is 4. The Morgan fingerprint density at radius 2 is 0.440 bits per heavy atom. The van der Waals surface area contributed by atoms with Crippen LogP contribution < -0.4 is 0 Å². The molecule has 0 radical (unpaired) electrons. The highest BCUT2D eigenvalue weighted by molar-refractivity contribution is 7.47. The Balaban J connectivity index is 5.12. The maximum absolute atomic E-state index is 13.1. The summed E-state index contributed by atoms with van der Waals surface area (Å²) in [6, 6.07) is 0. The molecule has 0 aliphatic carbocycles. The van der Waals surface area contributed by atoms with Gasteiger partial charge in [0.15, 0.2) is 12.2 Å². The van der Waals surface area contributed by atoms with Crippen molar-refractivity contribution >= 4 is 39.5 Å². The molecule has 0 amide bonds. The minimum atomic E-state index is -4.95. The van der Waals surface area contributed by atoms with Crippen molar-refractivity contribution in [3.05, 3.63) is 0 Å². The summed E-state index contributed by atoms with van der Waals surface area (Å²) in [6.45, 7) is 4.87. The first-order valence-electron chi connectivity index (χ1n) is 37.8. The molecule has 0 bridgehead atoms. The lowest BCUT2D eigenvalue weighted by atomic mass is 10.0. The minimum absolute atomic E-state index is 0.104. The highest BCUT2D eigenvalue weighted by Crippen LogP contribution is 2.45. The molecule has 5 atom stereocenters. The van der Waals surface area contributed by atoms with Gasteiger partial charge >= 0.3 is 39.5 Å². The number of aliphatic hydroxyl groups excluding tert-OH is 1. The fraction of sp³-hybridized carbons (Fsp3) is 0.944. The summed E-state index contributed by atoms with van der Waals surface area (Å²) in [5, 5.41) is 10.6. The van der Waals surface area contributed by atoms with Gasteiger partial charge in [0.1, 0.15) is 19.3 Å². The van der Waals surface area contributed by atoms with E-state index < -0.39 is 97.5 Å². The Hall–Kier alpha value is -1.94. The Bertz CT molecular complexity index is 1740. The van der Waals surface area contributed by atoms with Crippen LogP contribution in [0, 0.1) is 0 Å². The van der Waals surface area contributed by atoms with Crippen molar-refractivity contribution in [2.75, 3.05) is 39.6 Å². The number of aliphatic hydroxyl groups is 1. The first kappa shape index (κ1) is 89.1. The van der Waals surface area contributed by atoms with E-state index in [1.54, 1.807) is 0 Å². The number of esters is 4. The predicted molar refractivity (Wildman–Crippen MR) is 368 cm³/mol. The van der Waals surface area contributed by atoms with Crippen LogP contribution in [0.3, 0.4) is 0 Å². The number of carbonyl (C=O) groups is 4. The molecule has 0 saturated carbocycles. The van der Waals surface area contributed by atoms with E-state index in [1.165, 1.54) is 186 Å². The van der Waals surface area contributed by atoms with Crippen LogP contribution in [-0.4, -0.2) is 96.7 Å². The Morgan fingerprint density at radius 3 is 0.648 bits per heavy atom. The molecular weight excluding hydrogens is 1200 g/mol. The molecule has 0 aromatic rings. The van der Waals surface area contributed by atoms with Crippen molar-refractivity contribution in [3.8, 4) is 0 Å². The van der Waals surface area contributed by atoms with Crippen LogP contribution in [0.15, 0.2) is 0 Å². The molecule has 0 saturated heterocycles. The van der Waals surface area contributed by atoms with Crippen LogP contribution in [0.4, 0.5) is 0 Å². The zero-order valence-electron chi connectivity index (χ0n) is 58.8. The highest BCUT2D eigenvalue weighted by Gasteiger charge is 2.30. The zero-order chi connectivity index (χ0) is 66.8. The second-order valence-corrected chi connectivity index (χ2v) is 28.9. The molecule has 0 spiro atoms. The monoisotopic (exact) mass is 1340 g/mol. The number of hydrogen-bond acceptors (Lipinski definition) is 15. The summed E-state index contributed by atoms with van der Waals surface area (Å²) < 4.78 is 68.1. The highest BCUT2D eigenvalue weighted by atomic mass is 31.2. The van der Waals surface area contributed by atoms with E-state index in [1.807, 2.05) is 0 Å². The van der Waals surface area contributed by atoms with Crippen LogP contribution >= 0.6 is 15.6 Å². The van der Waals surface area contributed by atoms with E-state index in [4.69, 9.17) is 37.0 Å². The van der Waals surface area contributed by atoms with Gasteiger partial charge in [-0.15, -0.1) is 0 Å². The van der Waals surface area contributed by atoms with E-state index >= 15 is 0 Å². The third-order valence-electron chi connectivity index (χ3n) is 16.9. The van der Waals surface area contributed by atoms with E-state index in [2.05, 4.69) is 27.7 Å². The third kappa shape index (κ3) is 66.5. The maximum atomic E-state index is 13.1. The van der Waals surface area contributed by atoms with Crippen LogP contribution in [0.5, 0.6) is 0 Å². The Labute approximate surface area is 556 Å². The van der Waals surface area contributed by atoms with Crippen molar-refractivity contribution in [2.45, 2.75) is 399 Å². The number of ether oxygens (including phenoxy) is 4. The van der Waals surface area contributed by atoms with E-state index in [0.29, 0.717) is 25.7 Å². The lowest BCUT2D eigenvalue weighted by Gasteiger charge is -2.21. The van der Waals surface area contributed by atoms with Crippen LogP contribution in [0.25, 0.3) is 0 Å². The number of phosphoric ester groups is 2. The molecule has 2 unspecified atom stereocenters. The lowest BCUT2D eigenvalue weighted by Crippen LogP contribution is -2.30. The molecular formula is C72H140O17P2. The van der Waals surface area contributed by atoms with Crippen molar-refractivity contribution in [2.24, 2.45) is 0 Å². The van der Waals surface area contributed by atoms with E-state index in [0.717, 1.165) is 116 Å². The number of unbranched alkanes of at least 4 members (excludes halogenated alkanes) is 47. The van der Waals surface area contributed by atoms with Crippen LogP contribution in [0.1, 0.15) is 381 Å². The molecule has 17 nitrogen and oxygen atoms in total. The molecule has 0 fully saturated rings. The molecule has 0 aromatic heterocycles. The van der Waals surface area contributed by atoms with Crippen molar-refractivity contribution in [3.63, 3.8) is 0 Å². The second kappa shape index (κ2) is 66.7. The van der Waals surface area contributed by atoms with Crippen LogP contribution in [0.2, 0.25) is 0 Å². The molecule has 0 heterocycles. The molecule has 91 heavy (non-hydrogen) atoms. The SMILES string of the molecule is CCCCCCCCCCCCCCCCCCCCCCC(=O)O[C@H](COC(=O)CCCCCCCCCCCCCCCCCCC)COP(=O)(O)OC[C@@H](O)COP(=O)(O)OC[C@@H](COC(=O)CCCCCCCCC)OC(=O)CCCCCCCCC. The molecule has 3 N–H and O–H groups in total. The zero-order valence-corrected chi connectivity index (χ0v) is 60.6. The molecule has 0 aliphatic rings. The lowest BCUT2D eigenvalue weighted by molar-refractivity contribution is -0.161. The number of hydrogen-bond donors (Lipinski definition) is 3. The summed E-state index contributed by atoms with van der Waals surface area (Å²) in [6.07, 6.45) is 56.0. The summed E-state index contributed by atoms with van der Waals surface area (Å²) >= 11 is 0. The average molecular weight is 1340 g/mol. The van der Waals surface area contributed by atoms with Gasteiger partial charge in [0.2, 0.25) is 0 Å². The van der Waals surface area contributed by atoms with Crippen LogP contribution in [-0.2, 0) is 65.4 Å². The number of rotatable bonds is 73. The molecule has 19 heteroatoms. The molecule has 0 rings (SSSR count). The van der Waals surface area contributed by atoms with Gasteiger partial charge in [-0.25, -0.2) is 9.13 Å². The molecule has 0 aliphatic heterocycles. The van der Waals surface area contributed by atoms with Gasteiger partial charge in [-0.3, -0.25) is 37.3 Å². The second-order valence-electron chi connectivity index (χ2n) is 26.0. The van der Waals surface area contributed by atoms with Gasteiger partial charge in [0.25, 0.3) is 0 Å². The van der Waals surface area contributed by atoms with Crippen molar-refractivity contribution in [1.29, 1.82) is 0 Å². The van der Waals surface area contributed by atoms with Gasteiger partial charge in [0, 0.05) is 25.7 Å². The average Bonchev–Trinajstić information content (AvgIpc) is 3.74. The standard InChI is InChI=1S/C72H140O17P2/c1-5-9-13-17-21-23-25-27-29-31-32-33-35-37-39-41-43-47-51-55-59-72(77)89-68(63-83-70(75)57-53-49-46-42-40-38-36-34-30-28-26-24-22-18-14-10-6-2)65-87-91(80,81)85-61-66(73)60-84-90(78,79)86-64-67(88-71(76)58-54-50-45-20-16-12-8-4)62-82-69(74)56-52-48-44-19-15-11-7-3/h66-68,73H,5-65H2,1-4H3,(H,78,79)(H,80,81)/t66-,67+,68+/m0/s1. The maximum Gasteiger partial charge on any atom is 0.472 e. The predicted octanol–water partition coefficient (Wildman–Crippen LogP) is 21.1. The summed E-state index contributed by atoms with van der Waals surface area (Å²) in [4.78, 5) is 72.3. The van der Waals surface area contributed by atoms with Gasteiger partial charge in [-0.05, 0) is 25.7 Å². The summed E-state index contributed by atoms with van der Waals surface area (Å²) in [7, 11) is -9.89. The summed E-state index contributed by atoms with van der Waals surface area (Å²) in [5.74, 6) is -2.13. The quantitative estimate of drug-likeness (QED) is 0.0222. The Morgan fingerprint density at radius 1 is 0.264 bits per heavy atom. The topological polar surface area (TPSA) is 237 Å².